The van der Waals surface area contributed by atoms with Gasteiger partial charge in [-0.05, 0) is 30.4 Å². The van der Waals surface area contributed by atoms with Crippen LogP contribution in [0.1, 0.15) is 57.8 Å². The molecule has 166 valence electrons. The number of oxazole rings is 1. The molecule has 0 aliphatic carbocycles. The predicted octanol–water partition coefficient (Wildman–Crippen LogP) is 4.09. The Bertz CT molecular complexity index is 804. The number of hydrogen-bond acceptors (Lipinski definition) is 5. The Morgan fingerprint density at radius 1 is 1.13 bits per heavy atom. The summed E-state index contributed by atoms with van der Waals surface area (Å²) in [5, 5.41) is 6.56. The van der Waals surface area contributed by atoms with E-state index in [9.17, 15) is 0 Å². The second-order valence-corrected chi connectivity index (χ2v) is 8.84. The molecule has 1 aliphatic heterocycles. The molecule has 0 radical (unpaired) electrons. The summed E-state index contributed by atoms with van der Waals surface area (Å²) in [5.74, 6) is 4.13. The van der Waals surface area contributed by atoms with Crippen LogP contribution >= 0.6 is 24.0 Å². The minimum absolute atomic E-state index is 0. The summed E-state index contributed by atoms with van der Waals surface area (Å²) in [4.78, 5) is 15.6. The van der Waals surface area contributed by atoms with Crippen molar-refractivity contribution < 1.29 is 4.42 Å². The topological polar surface area (TPSA) is 78.6 Å². The summed E-state index contributed by atoms with van der Waals surface area (Å²) >= 11 is 0. The number of nitrogens with one attached hydrogen (secondary N) is 2. The number of halogens is 1. The quantitative estimate of drug-likeness (QED) is 0.347. The van der Waals surface area contributed by atoms with Gasteiger partial charge in [-0.3, -0.25) is 4.99 Å². The van der Waals surface area contributed by atoms with Gasteiger partial charge in [-0.1, -0.05) is 33.8 Å². The molecule has 0 spiro atoms. The van der Waals surface area contributed by atoms with Crippen LogP contribution in [0.15, 0.2) is 33.9 Å². The van der Waals surface area contributed by atoms with Gasteiger partial charge in [0, 0.05) is 38.3 Å². The maximum Gasteiger partial charge on any atom is 0.213 e. The fourth-order valence-electron chi connectivity index (χ4n) is 3.25. The lowest BCUT2D eigenvalue weighted by atomic mass is 9.94. The van der Waals surface area contributed by atoms with Crippen molar-refractivity contribution in [2.24, 2.45) is 10.9 Å². The third kappa shape index (κ3) is 6.85. The average molecular weight is 526 g/mol. The summed E-state index contributed by atoms with van der Waals surface area (Å²) in [7, 11) is 1.75. The van der Waals surface area contributed by atoms with E-state index in [1.807, 2.05) is 6.20 Å². The maximum absolute atomic E-state index is 5.81. The molecule has 1 aliphatic rings. The molecule has 1 fully saturated rings. The van der Waals surface area contributed by atoms with Crippen LogP contribution in [0.25, 0.3) is 0 Å². The normalized spacial score (nSPS) is 15.6. The molecule has 2 aromatic heterocycles. The minimum Gasteiger partial charge on any atom is -0.443 e. The summed E-state index contributed by atoms with van der Waals surface area (Å²) in [6.45, 7) is 12.0. The maximum atomic E-state index is 5.81. The molecule has 2 N–H and O–H groups in total. The average Bonchev–Trinajstić information content (AvgIpc) is 3.19. The molecule has 0 saturated carbocycles. The van der Waals surface area contributed by atoms with E-state index in [0.29, 0.717) is 24.9 Å². The van der Waals surface area contributed by atoms with Crippen molar-refractivity contribution in [3.05, 3.63) is 41.7 Å². The van der Waals surface area contributed by atoms with Crippen molar-refractivity contribution in [1.82, 2.24) is 20.6 Å². The number of hydrogen-bond donors (Lipinski definition) is 2. The molecule has 1 saturated heterocycles. The molecule has 0 unspecified atom stereocenters. The standard InChI is InChI=1S/C22H34N6O.HI/c1-16-8-10-28(11-9-16)19-7-6-17(12-24-19)13-26-21(23-5)27-15-20-25-14-18(29-20)22(2,3)4;/h6-7,12,14,16H,8-11,13,15H2,1-5H3,(H2,23,26,27);1H. The highest BCUT2D eigenvalue weighted by atomic mass is 127. The lowest BCUT2D eigenvalue weighted by molar-refractivity contribution is 0.379. The number of aromatic nitrogens is 2. The molecule has 30 heavy (non-hydrogen) atoms. The van der Waals surface area contributed by atoms with E-state index in [0.717, 1.165) is 36.1 Å². The SMILES string of the molecule is CN=C(NCc1ccc(N2CCC(C)CC2)nc1)NCc1ncc(C(C)(C)C)o1.I. The fraction of sp³-hybridized carbons (Fsp3) is 0.591. The number of pyridine rings is 1. The van der Waals surface area contributed by atoms with Crippen LogP contribution in [0, 0.1) is 5.92 Å². The van der Waals surface area contributed by atoms with Crippen molar-refractivity contribution in [2.75, 3.05) is 25.0 Å². The largest absolute Gasteiger partial charge is 0.443 e. The van der Waals surface area contributed by atoms with E-state index >= 15 is 0 Å². The molecule has 0 bridgehead atoms. The smallest absolute Gasteiger partial charge is 0.213 e. The van der Waals surface area contributed by atoms with Gasteiger partial charge in [-0.15, -0.1) is 24.0 Å². The van der Waals surface area contributed by atoms with E-state index < -0.39 is 0 Å². The van der Waals surface area contributed by atoms with Gasteiger partial charge in [0.1, 0.15) is 11.6 Å². The van der Waals surface area contributed by atoms with Crippen LogP contribution in [-0.4, -0.2) is 36.1 Å². The molecule has 7 nitrogen and oxygen atoms in total. The first-order valence-corrected chi connectivity index (χ1v) is 10.4. The Labute approximate surface area is 197 Å². The summed E-state index contributed by atoms with van der Waals surface area (Å²) in [6.07, 6.45) is 6.23. The Morgan fingerprint density at radius 2 is 1.83 bits per heavy atom. The second kappa shape index (κ2) is 11.0. The molecule has 2 aromatic rings. The van der Waals surface area contributed by atoms with Crippen LogP contribution in [-0.2, 0) is 18.5 Å². The zero-order chi connectivity index (χ0) is 20.9. The van der Waals surface area contributed by atoms with Crippen molar-refractivity contribution in [3.63, 3.8) is 0 Å². The van der Waals surface area contributed by atoms with Gasteiger partial charge in [-0.25, -0.2) is 9.97 Å². The van der Waals surface area contributed by atoms with E-state index in [1.54, 1.807) is 13.2 Å². The Hall–Kier alpha value is -1.84. The Balaban J connectivity index is 0.00000320. The highest BCUT2D eigenvalue weighted by Crippen LogP contribution is 2.23. The number of guanidine groups is 1. The van der Waals surface area contributed by atoms with E-state index in [2.05, 4.69) is 70.3 Å². The highest BCUT2D eigenvalue weighted by Gasteiger charge is 2.19. The van der Waals surface area contributed by atoms with E-state index in [4.69, 9.17) is 4.42 Å². The molecule has 8 heteroatoms. The number of aliphatic imine (C=N–C) groups is 1. The van der Waals surface area contributed by atoms with Crippen molar-refractivity contribution in [2.45, 2.75) is 59.0 Å². The molecule has 3 heterocycles. The first kappa shape index (κ1) is 24.4. The van der Waals surface area contributed by atoms with E-state index in [-0.39, 0.29) is 29.4 Å². The van der Waals surface area contributed by atoms with Crippen LogP contribution < -0.4 is 15.5 Å². The van der Waals surface area contributed by atoms with Crippen LogP contribution in [0.2, 0.25) is 0 Å². The zero-order valence-electron chi connectivity index (χ0n) is 18.7. The lowest BCUT2D eigenvalue weighted by Gasteiger charge is -2.31. The molecule has 0 amide bonds. The molecular weight excluding hydrogens is 491 g/mol. The predicted molar refractivity (Wildman–Crippen MR) is 133 cm³/mol. The monoisotopic (exact) mass is 526 g/mol. The molecule has 0 aromatic carbocycles. The first-order chi connectivity index (χ1) is 13.8. The number of piperidine rings is 1. The zero-order valence-corrected chi connectivity index (χ0v) is 21.1. The van der Waals surface area contributed by atoms with E-state index in [1.165, 1.54) is 12.8 Å². The molecular formula is C22H35IN6O. The van der Waals surface area contributed by atoms with Gasteiger partial charge in [0.2, 0.25) is 5.89 Å². The summed E-state index contributed by atoms with van der Waals surface area (Å²) in [6, 6.07) is 4.24. The third-order valence-electron chi connectivity index (χ3n) is 5.30. The molecule has 3 rings (SSSR count). The van der Waals surface area contributed by atoms with Gasteiger partial charge >= 0.3 is 0 Å². The van der Waals surface area contributed by atoms with Crippen LogP contribution in [0.4, 0.5) is 5.82 Å². The van der Waals surface area contributed by atoms with Gasteiger partial charge < -0.3 is 20.0 Å². The van der Waals surface area contributed by atoms with Crippen LogP contribution in [0.5, 0.6) is 0 Å². The summed E-state index contributed by atoms with van der Waals surface area (Å²) < 4.78 is 5.81. The highest BCUT2D eigenvalue weighted by molar-refractivity contribution is 14.0. The number of anilines is 1. The molecule has 0 atom stereocenters. The van der Waals surface area contributed by atoms with Crippen molar-refractivity contribution in [3.8, 4) is 0 Å². The van der Waals surface area contributed by atoms with Gasteiger partial charge in [0.15, 0.2) is 5.96 Å². The number of nitrogens with zero attached hydrogens (tertiary/aromatic N) is 4. The van der Waals surface area contributed by atoms with Gasteiger partial charge in [0.25, 0.3) is 0 Å². The Morgan fingerprint density at radius 3 is 2.40 bits per heavy atom. The lowest BCUT2D eigenvalue weighted by Crippen LogP contribution is -2.36. The van der Waals surface area contributed by atoms with Gasteiger partial charge in [-0.2, -0.15) is 0 Å². The first-order valence-electron chi connectivity index (χ1n) is 10.4. The van der Waals surface area contributed by atoms with Crippen LogP contribution in [0.3, 0.4) is 0 Å². The van der Waals surface area contributed by atoms with Crippen molar-refractivity contribution in [1.29, 1.82) is 0 Å². The Kier molecular flexibility index (Phi) is 8.93. The third-order valence-corrected chi connectivity index (χ3v) is 5.30. The fourth-order valence-corrected chi connectivity index (χ4v) is 3.25. The van der Waals surface area contributed by atoms with Crippen molar-refractivity contribution >= 4 is 35.8 Å². The minimum atomic E-state index is -0.0449. The van der Waals surface area contributed by atoms with Gasteiger partial charge in [0.05, 0.1) is 12.7 Å². The summed E-state index contributed by atoms with van der Waals surface area (Å²) in [5.41, 5.74) is 1.07. The second-order valence-electron chi connectivity index (χ2n) is 8.84. The number of rotatable bonds is 5.